The third-order valence-corrected chi connectivity index (χ3v) is 7.05. The minimum atomic E-state index is -3.05. The molecule has 1 atom stereocenters. The maximum Gasteiger partial charge on any atom is 0.334 e. The maximum atomic E-state index is 12.4. The fourth-order valence-corrected chi connectivity index (χ4v) is 5.28. The number of hydrogen-bond donors (Lipinski definition) is 0. The molecule has 20 heavy (non-hydrogen) atoms. The summed E-state index contributed by atoms with van der Waals surface area (Å²) in [5, 5.41) is 0. The van der Waals surface area contributed by atoms with Gasteiger partial charge in [0.1, 0.15) is 0 Å². The molecule has 1 unspecified atom stereocenters. The molecule has 0 rings (SSSR count). The zero-order valence-corrected chi connectivity index (χ0v) is 14.8. The van der Waals surface area contributed by atoms with E-state index in [2.05, 4.69) is 0 Å². The highest BCUT2D eigenvalue weighted by Crippen LogP contribution is 2.49. The topological polar surface area (TPSA) is 61.8 Å². The first-order valence-electron chi connectivity index (χ1n) is 7.21. The second-order valence-electron chi connectivity index (χ2n) is 4.24. The van der Waals surface area contributed by atoms with E-state index in [-0.39, 0.29) is 6.16 Å². The molecule has 0 aromatic rings. The van der Waals surface area contributed by atoms with Crippen LogP contribution in [-0.2, 0) is 22.7 Å². The van der Waals surface area contributed by atoms with Gasteiger partial charge in [0, 0.05) is 12.3 Å². The Morgan fingerprint density at radius 3 is 1.75 bits per heavy atom. The molecule has 0 aliphatic rings. The molecule has 0 spiro atoms. The minimum absolute atomic E-state index is 0.201. The predicted octanol–water partition coefficient (Wildman–Crippen LogP) is 4.53. The second kappa shape index (κ2) is 10.8. The summed E-state index contributed by atoms with van der Waals surface area (Å²) in [5.41, 5.74) is 0. The Labute approximate surface area is 123 Å². The van der Waals surface area contributed by atoms with Crippen LogP contribution in [0, 0.1) is 0 Å². The summed E-state index contributed by atoms with van der Waals surface area (Å²) in [6.07, 6.45) is 5.44. The Balaban J connectivity index is 4.47. The lowest BCUT2D eigenvalue weighted by Crippen LogP contribution is -2.00. The lowest BCUT2D eigenvalue weighted by molar-refractivity contribution is 0.222. The van der Waals surface area contributed by atoms with Crippen molar-refractivity contribution in [2.24, 2.45) is 0 Å². The van der Waals surface area contributed by atoms with Crippen LogP contribution in [0.1, 0.15) is 34.1 Å². The third-order valence-electron chi connectivity index (χ3n) is 2.46. The highest BCUT2D eigenvalue weighted by atomic mass is 31.2. The van der Waals surface area contributed by atoms with Crippen molar-refractivity contribution in [3.05, 3.63) is 12.2 Å². The van der Waals surface area contributed by atoms with Crippen molar-refractivity contribution in [3.8, 4) is 0 Å². The van der Waals surface area contributed by atoms with Gasteiger partial charge in [0.2, 0.25) is 7.37 Å². The van der Waals surface area contributed by atoms with Crippen LogP contribution in [0.2, 0.25) is 0 Å². The summed E-state index contributed by atoms with van der Waals surface area (Å²) < 4.78 is 40.3. The van der Waals surface area contributed by atoms with E-state index in [0.29, 0.717) is 32.1 Å². The van der Waals surface area contributed by atoms with Crippen molar-refractivity contribution in [2.75, 3.05) is 38.3 Å². The van der Waals surface area contributed by atoms with Gasteiger partial charge in [0.05, 0.1) is 26.0 Å². The van der Waals surface area contributed by atoms with Crippen LogP contribution >= 0.6 is 15.0 Å². The van der Waals surface area contributed by atoms with Gasteiger partial charge in [-0.3, -0.25) is 9.13 Å². The fraction of sp³-hybridized carbons (Fsp3) is 0.846. The van der Waals surface area contributed by atoms with E-state index in [1.165, 1.54) is 0 Å². The Morgan fingerprint density at radius 1 is 0.800 bits per heavy atom. The normalized spacial score (nSPS) is 15.6. The molecule has 5 nitrogen and oxygen atoms in total. The van der Waals surface area contributed by atoms with Gasteiger partial charge >= 0.3 is 7.60 Å². The molecule has 0 fully saturated rings. The molecule has 0 saturated heterocycles. The molecule has 0 radical (unpaired) electrons. The molecule has 0 N–H and O–H groups in total. The first-order valence-corrected chi connectivity index (χ1v) is 10.9. The first-order chi connectivity index (χ1) is 9.45. The van der Waals surface area contributed by atoms with E-state index >= 15 is 0 Å². The van der Waals surface area contributed by atoms with Gasteiger partial charge in [0.15, 0.2) is 0 Å². The highest BCUT2D eigenvalue weighted by molar-refractivity contribution is 7.59. The standard InChI is InChI=1S/C13H28O5P2/c1-5-11-19(14,16-6-2)12-9-10-13-20(15,17-7-3)18-8-4/h9-10H,5-8,11-13H2,1-4H3/b10-9+. The van der Waals surface area contributed by atoms with Crippen LogP contribution in [0.5, 0.6) is 0 Å². The van der Waals surface area contributed by atoms with E-state index in [9.17, 15) is 9.13 Å². The molecular formula is C13H28O5P2. The molecular weight excluding hydrogens is 298 g/mol. The molecule has 7 heteroatoms. The van der Waals surface area contributed by atoms with Gasteiger partial charge in [-0.25, -0.2) is 0 Å². The predicted molar refractivity (Wildman–Crippen MR) is 84.1 cm³/mol. The molecule has 0 bridgehead atoms. The Kier molecular flexibility index (Phi) is 10.8. The van der Waals surface area contributed by atoms with Crippen molar-refractivity contribution in [2.45, 2.75) is 34.1 Å². The Morgan fingerprint density at radius 2 is 1.30 bits per heavy atom. The summed E-state index contributed by atoms with van der Waals surface area (Å²) in [5.74, 6) is 0. The van der Waals surface area contributed by atoms with Crippen LogP contribution in [0.4, 0.5) is 0 Å². The maximum absolute atomic E-state index is 12.4. The summed E-state index contributed by atoms with van der Waals surface area (Å²) in [6.45, 7) is 8.51. The molecule has 0 aromatic carbocycles. The largest absolute Gasteiger partial charge is 0.334 e. The SMILES string of the molecule is CCCP(=O)(C/C=C/CP(=O)(OCC)OCC)OCC. The van der Waals surface area contributed by atoms with Crippen molar-refractivity contribution in [1.82, 2.24) is 0 Å². The Bertz CT molecular complexity index is 314. The molecule has 0 saturated carbocycles. The first kappa shape index (κ1) is 20.1. The molecule has 0 aliphatic carbocycles. The Hall–Kier alpha value is 0.0800. The van der Waals surface area contributed by atoms with Crippen LogP contribution in [0.15, 0.2) is 12.2 Å². The van der Waals surface area contributed by atoms with Gasteiger partial charge in [-0.15, -0.1) is 0 Å². The molecule has 0 aromatic heterocycles. The summed E-state index contributed by atoms with van der Waals surface area (Å²) in [6, 6.07) is 0. The summed E-state index contributed by atoms with van der Waals surface area (Å²) in [4.78, 5) is 0. The smallest absolute Gasteiger partial charge is 0.329 e. The van der Waals surface area contributed by atoms with Gasteiger partial charge in [-0.05, 0) is 27.2 Å². The zero-order chi connectivity index (χ0) is 15.5. The molecule has 120 valence electrons. The summed E-state index contributed by atoms with van der Waals surface area (Å²) >= 11 is 0. The van der Waals surface area contributed by atoms with E-state index in [0.717, 1.165) is 6.42 Å². The van der Waals surface area contributed by atoms with E-state index in [1.54, 1.807) is 26.0 Å². The zero-order valence-electron chi connectivity index (χ0n) is 13.0. The summed E-state index contributed by atoms with van der Waals surface area (Å²) in [7, 11) is -5.64. The van der Waals surface area contributed by atoms with Crippen molar-refractivity contribution in [1.29, 1.82) is 0 Å². The lowest BCUT2D eigenvalue weighted by Gasteiger charge is -2.16. The lowest BCUT2D eigenvalue weighted by atomic mass is 10.6. The average Bonchev–Trinajstić information content (AvgIpc) is 2.36. The third kappa shape index (κ3) is 8.39. The average molecular weight is 326 g/mol. The van der Waals surface area contributed by atoms with Crippen LogP contribution in [-0.4, -0.2) is 38.3 Å². The molecule has 0 amide bonds. The number of hydrogen-bond acceptors (Lipinski definition) is 5. The van der Waals surface area contributed by atoms with Crippen molar-refractivity contribution >= 4 is 15.0 Å². The van der Waals surface area contributed by atoms with Gasteiger partial charge < -0.3 is 13.6 Å². The van der Waals surface area contributed by atoms with Crippen LogP contribution in [0.3, 0.4) is 0 Å². The monoisotopic (exact) mass is 326 g/mol. The number of allylic oxidation sites excluding steroid dienone is 2. The van der Waals surface area contributed by atoms with E-state index < -0.39 is 15.0 Å². The van der Waals surface area contributed by atoms with Crippen LogP contribution in [0.25, 0.3) is 0 Å². The quantitative estimate of drug-likeness (QED) is 0.389. The molecule has 0 heterocycles. The van der Waals surface area contributed by atoms with Crippen molar-refractivity contribution in [3.63, 3.8) is 0 Å². The van der Waals surface area contributed by atoms with Gasteiger partial charge in [-0.1, -0.05) is 19.1 Å². The second-order valence-corrected chi connectivity index (χ2v) is 9.04. The van der Waals surface area contributed by atoms with Gasteiger partial charge in [0.25, 0.3) is 0 Å². The van der Waals surface area contributed by atoms with E-state index in [4.69, 9.17) is 13.6 Å². The van der Waals surface area contributed by atoms with Gasteiger partial charge in [-0.2, -0.15) is 0 Å². The van der Waals surface area contributed by atoms with E-state index in [1.807, 2.05) is 13.8 Å². The van der Waals surface area contributed by atoms with Crippen molar-refractivity contribution < 1.29 is 22.7 Å². The minimum Gasteiger partial charge on any atom is -0.329 e. The highest BCUT2D eigenvalue weighted by Gasteiger charge is 2.22. The molecule has 0 aliphatic heterocycles. The van der Waals surface area contributed by atoms with Crippen LogP contribution < -0.4 is 0 Å². The fourth-order valence-electron chi connectivity index (χ4n) is 1.76. The number of rotatable bonds is 12.